The Morgan fingerprint density at radius 2 is 0.872 bits per heavy atom. The second kappa shape index (κ2) is 38.8. The van der Waals surface area contributed by atoms with E-state index in [1.165, 1.54) is 103 Å². The molecule has 0 aliphatic carbocycles. The van der Waals surface area contributed by atoms with Gasteiger partial charge in [-0.05, 0) is 51.4 Å². The molecule has 0 aromatic heterocycles. The minimum Gasteiger partial charge on any atom is -0.466 e. The molecule has 0 unspecified atom stereocenters. The van der Waals surface area contributed by atoms with Crippen molar-refractivity contribution in [2.45, 2.75) is 200 Å². The fraction of sp³-hybridized carbons (Fsp3) is 0.854. The molecule has 0 bridgehead atoms. The Morgan fingerprint density at radius 1 is 0.447 bits per heavy atom. The van der Waals surface area contributed by atoms with Gasteiger partial charge in [-0.3, -0.25) is 9.59 Å². The van der Waals surface area contributed by atoms with Crippen molar-refractivity contribution in [3.8, 4) is 0 Å². The van der Waals surface area contributed by atoms with Crippen molar-refractivity contribution in [3.05, 3.63) is 24.3 Å². The number of carbonyl (C=O) groups is 2. The van der Waals surface area contributed by atoms with Crippen LogP contribution in [0, 0.1) is 0 Å². The van der Waals surface area contributed by atoms with Crippen molar-refractivity contribution < 1.29 is 28.5 Å². The Balaban J connectivity index is 3.86. The fourth-order valence-corrected chi connectivity index (χ4v) is 5.30. The maximum absolute atomic E-state index is 12.3. The van der Waals surface area contributed by atoms with Crippen LogP contribution in [0.1, 0.15) is 194 Å². The Morgan fingerprint density at radius 3 is 1.43 bits per heavy atom. The van der Waals surface area contributed by atoms with Crippen LogP contribution >= 0.6 is 0 Å². The van der Waals surface area contributed by atoms with Crippen molar-refractivity contribution in [1.29, 1.82) is 0 Å². The van der Waals surface area contributed by atoms with Crippen LogP contribution in [0.2, 0.25) is 0 Å². The van der Waals surface area contributed by atoms with Gasteiger partial charge in [-0.2, -0.15) is 0 Å². The highest BCUT2D eigenvalue weighted by Crippen LogP contribution is 2.12. The first-order chi connectivity index (χ1) is 23.1. The zero-order valence-electron chi connectivity index (χ0n) is 31.3. The lowest BCUT2D eigenvalue weighted by atomic mass is 10.1. The Hall–Kier alpha value is -1.66. The molecule has 6 heteroatoms. The standard InChI is InChI=1S/C41H76O6/c1-4-7-10-13-16-17-18-19-20-21-22-23-24-25-28-32-39(42)44-37-31-38-45-40(43)33-34-41(46-35-29-26-14-11-8-5-2)47-36-30-27-15-12-9-6-3/h16-17,19-20,41H,4-15,18,21-38H2,1-3H3/b17-16-,20-19-. The molecule has 0 aromatic carbocycles. The molecular formula is C41H76O6. The van der Waals surface area contributed by atoms with Crippen LogP contribution in [0.5, 0.6) is 0 Å². The first kappa shape index (κ1) is 45.3. The zero-order valence-corrected chi connectivity index (χ0v) is 31.3. The molecule has 0 saturated carbocycles. The van der Waals surface area contributed by atoms with Crippen LogP contribution < -0.4 is 0 Å². The van der Waals surface area contributed by atoms with Gasteiger partial charge in [0.25, 0.3) is 0 Å². The molecule has 276 valence electrons. The second-order valence-corrected chi connectivity index (χ2v) is 13.0. The molecule has 0 fully saturated rings. The van der Waals surface area contributed by atoms with Crippen LogP contribution in [-0.2, 0) is 28.5 Å². The van der Waals surface area contributed by atoms with Gasteiger partial charge in [0, 0.05) is 32.5 Å². The van der Waals surface area contributed by atoms with Gasteiger partial charge in [0.1, 0.15) is 0 Å². The van der Waals surface area contributed by atoms with E-state index in [4.69, 9.17) is 18.9 Å². The third kappa shape index (κ3) is 37.0. The van der Waals surface area contributed by atoms with Gasteiger partial charge in [-0.25, -0.2) is 0 Å². The Labute approximate surface area is 291 Å². The summed E-state index contributed by atoms with van der Waals surface area (Å²) in [6, 6.07) is 0. The van der Waals surface area contributed by atoms with Gasteiger partial charge < -0.3 is 18.9 Å². The molecule has 0 atom stereocenters. The summed E-state index contributed by atoms with van der Waals surface area (Å²) >= 11 is 0. The van der Waals surface area contributed by atoms with E-state index in [0.717, 1.165) is 44.9 Å². The summed E-state index contributed by atoms with van der Waals surface area (Å²) < 4.78 is 22.7. The highest BCUT2D eigenvalue weighted by Gasteiger charge is 2.13. The van der Waals surface area contributed by atoms with E-state index in [-0.39, 0.29) is 37.9 Å². The van der Waals surface area contributed by atoms with Crippen LogP contribution in [0.25, 0.3) is 0 Å². The van der Waals surface area contributed by atoms with E-state index in [1.54, 1.807) is 0 Å². The summed E-state index contributed by atoms with van der Waals surface area (Å²) in [6.45, 7) is 8.59. The van der Waals surface area contributed by atoms with Gasteiger partial charge in [-0.15, -0.1) is 0 Å². The molecule has 0 radical (unpaired) electrons. The highest BCUT2D eigenvalue weighted by molar-refractivity contribution is 5.69. The fourth-order valence-electron chi connectivity index (χ4n) is 5.30. The molecule has 0 aliphatic heterocycles. The summed E-state index contributed by atoms with van der Waals surface area (Å²) in [5, 5.41) is 0. The molecule has 0 aromatic rings. The number of carbonyl (C=O) groups excluding carboxylic acids is 2. The zero-order chi connectivity index (χ0) is 34.3. The lowest BCUT2D eigenvalue weighted by Crippen LogP contribution is -2.21. The van der Waals surface area contributed by atoms with Crippen LogP contribution in [0.15, 0.2) is 24.3 Å². The molecular weight excluding hydrogens is 588 g/mol. The maximum Gasteiger partial charge on any atom is 0.305 e. The third-order valence-electron chi connectivity index (χ3n) is 8.33. The molecule has 0 saturated heterocycles. The minimum atomic E-state index is -0.357. The van der Waals surface area contributed by atoms with Crippen molar-refractivity contribution in [2.24, 2.45) is 0 Å². The van der Waals surface area contributed by atoms with Crippen LogP contribution in [-0.4, -0.2) is 44.7 Å². The number of esters is 2. The topological polar surface area (TPSA) is 71.1 Å². The van der Waals surface area contributed by atoms with Crippen LogP contribution in [0.3, 0.4) is 0 Å². The second-order valence-electron chi connectivity index (χ2n) is 13.0. The number of hydrogen-bond acceptors (Lipinski definition) is 6. The first-order valence-electron chi connectivity index (χ1n) is 20.0. The van der Waals surface area contributed by atoms with E-state index < -0.39 is 0 Å². The summed E-state index contributed by atoms with van der Waals surface area (Å²) in [4.78, 5) is 24.3. The van der Waals surface area contributed by atoms with E-state index in [9.17, 15) is 9.59 Å². The normalized spacial score (nSPS) is 11.7. The van der Waals surface area contributed by atoms with Gasteiger partial charge >= 0.3 is 11.9 Å². The molecule has 0 rings (SSSR count). The molecule has 0 N–H and O–H groups in total. The van der Waals surface area contributed by atoms with Crippen molar-refractivity contribution in [2.75, 3.05) is 26.4 Å². The smallest absolute Gasteiger partial charge is 0.305 e. The predicted molar refractivity (Wildman–Crippen MR) is 198 cm³/mol. The first-order valence-corrected chi connectivity index (χ1v) is 20.0. The maximum atomic E-state index is 12.3. The molecule has 0 amide bonds. The average Bonchev–Trinajstić information content (AvgIpc) is 3.07. The van der Waals surface area contributed by atoms with E-state index in [2.05, 4.69) is 45.1 Å². The number of rotatable bonds is 37. The summed E-state index contributed by atoms with van der Waals surface area (Å²) in [5.41, 5.74) is 0. The lowest BCUT2D eigenvalue weighted by molar-refractivity contribution is -0.159. The summed E-state index contributed by atoms with van der Waals surface area (Å²) in [6.07, 6.45) is 37.9. The average molecular weight is 665 g/mol. The van der Waals surface area contributed by atoms with E-state index in [1.807, 2.05) is 0 Å². The van der Waals surface area contributed by atoms with E-state index in [0.29, 0.717) is 32.5 Å². The van der Waals surface area contributed by atoms with Crippen molar-refractivity contribution in [3.63, 3.8) is 0 Å². The Bertz CT molecular complexity index is 701. The monoisotopic (exact) mass is 665 g/mol. The van der Waals surface area contributed by atoms with Gasteiger partial charge in [0.2, 0.25) is 0 Å². The predicted octanol–water partition coefficient (Wildman–Crippen LogP) is 12.1. The summed E-state index contributed by atoms with van der Waals surface area (Å²) in [7, 11) is 0. The third-order valence-corrected chi connectivity index (χ3v) is 8.33. The number of allylic oxidation sites excluding steroid dienone is 4. The Kier molecular flexibility index (Phi) is 37.4. The van der Waals surface area contributed by atoms with Crippen LogP contribution in [0.4, 0.5) is 0 Å². The highest BCUT2D eigenvalue weighted by atomic mass is 16.7. The van der Waals surface area contributed by atoms with Crippen molar-refractivity contribution in [1.82, 2.24) is 0 Å². The van der Waals surface area contributed by atoms with Gasteiger partial charge in [-0.1, -0.05) is 141 Å². The molecule has 0 spiro atoms. The number of ether oxygens (including phenoxy) is 4. The quantitative estimate of drug-likeness (QED) is 0.0285. The van der Waals surface area contributed by atoms with Gasteiger partial charge in [0.05, 0.1) is 19.6 Å². The number of hydrogen-bond donors (Lipinski definition) is 0. The van der Waals surface area contributed by atoms with E-state index >= 15 is 0 Å². The SMILES string of the molecule is CCCCC/C=C\C/C=C\CCCCCCCC(=O)OCCCOC(=O)CCC(OCCCCCCCC)OCCCCCCCC. The molecule has 0 aliphatic rings. The molecule has 0 heterocycles. The number of unbranched alkanes of at least 4 members (excludes halogenated alkanes) is 18. The minimum absolute atomic E-state index is 0.158. The molecule has 47 heavy (non-hydrogen) atoms. The van der Waals surface area contributed by atoms with Gasteiger partial charge in [0.15, 0.2) is 6.29 Å². The van der Waals surface area contributed by atoms with Crippen molar-refractivity contribution >= 4 is 11.9 Å². The lowest BCUT2D eigenvalue weighted by Gasteiger charge is -2.18. The summed E-state index contributed by atoms with van der Waals surface area (Å²) in [5.74, 6) is -0.410. The largest absolute Gasteiger partial charge is 0.466 e. The molecule has 6 nitrogen and oxygen atoms in total.